The molecule has 1 aromatic heterocycles. The van der Waals surface area contributed by atoms with Gasteiger partial charge in [-0.25, -0.2) is 9.78 Å². The summed E-state index contributed by atoms with van der Waals surface area (Å²) < 4.78 is 49.1. The number of nitrogens with zero attached hydrogens (tertiary/aromatic N) is 1. The third-order valence-electron chi connectivity index (χ3n) is 3.04. The molecule has 2 atom stereocenters. The predicted octanol–water partition coefficient (Wildman–Crippen LogP) is 3.22. The molecule has 1 aromatic rings. The van der Waals surface area contributed by atoms with Crippen molar-refractivity contribution in [1.29, 1.82) is 0 Å². The van der Waals surface area contributed by atoms with Gasteiger partial charge < -0.3 is 14.8 Å². The van der Waals surface area contributed by atoms with Crippen LogP contribution in [0, 0.1) is 0 Å². The number of alkyl halides is 3. The van der Waals surface area contributed by atoms with Crippen molar-refractivity contribution in [3.8, 4) is 5.88 Å². The molecule has 1 aliphatic heterocycles. The summed E-state index contributed by atoms with van der Waals surface area (Å²) in [6, 6.07) is 1.21. The number of cyclic esters (lactones) is 1. The van der Waals surface area contributed by atoms with E-state index in [-0.39, 0.29) is 18.2 Å². The molecule has 1 aliphatic rings. The highest BCUT2D eigenvalue weighted by molar-refractivity contribution is 5.70. The topological polar surface area (TPSA) is 60.5 Å². The summed E-state index contributed by atoms with van der Waals surface area (Å²) in [7, 11) is 0. The number of rotatable bonds is 4. The molecule has 2 heterocycles. The summed E-state index contributed by atoms with van der Waals surface area (Å²) in [5.41, 5.74) is -0.903. The molecule has 1 amide bonds. The van der Waals surface area contributed by atoms with Gasteiger partial charge >= 0.3 is 12.3 Å². The number of ether oxygens (including phenoxy) is 2. The van der Waals surface area contributed by atoms with Crippen LogP contribution in [-0.4, -0.2) is 23.7 Å². The lowest BCUT2D eigenvalue weighted by atomic mass is 10.1. The van der Waals surface area contributed by atoms with Crippen LogP contribution in [-0.2, 0) is 10.9 Å². The zero-order valence-electron chi connectivity index (χ0n) is 12.0. The van der Waals surface area contributed by atoms with E-state index in [0.717, 1.165) is 12.1 Å². The lowest BCUT2D eigenvalue weighted by molar-refractivity contribution is -0.137. The lowest BCUT2D eigenvalue weighted by Crippen LogP contribution is -2.24. The maximum atomic E-state index is 13.0. The van der Waals surface area contributed by atoms with Crippen LogP contribution in [0.3, 0.4) is 0 Å². The smallest absolute Gasteiger partial charge is 0.416 e. The number of amides is 1. The number of halogens is 3. The van der Waals surface area contributed by atoms with E-state index >= 15 is 0 Å². The van der Waals surface area contributed by atoms with Crippen LogP contribution >= 0.6 is 0 Å². The Morgan fingerprint density at radius 2 is 2.18 bits per heavy atom. The zero-order valence-corrected chi connectivity index (χ0v) is 12.0. The summed E-state index contributed by atoms with van der Waals surface area (Å²) in [5, 5.41) is 2.46. The van der Waals surface area contributed by atoms with Crippen LogP contribution in [0.1, 0.15) is 31.2 Å². The van der Waals surface area contributed by atoms with Crippen molar-refractivity contribution in [3.05, 3.63) is 35.5 Å². The fourth-order valence-corrected chi connectivity index (χ4v) is 1.97. The van der Waals surface area contributed by atoms with E-state index in [1.54, 1.807) is 26.0 Å². The molecule has 0 spiro atoms. The molecule has 0 aliphatic carbocycles. The second kappa shape index (κ2) is 6.25. The molecule has 2 rings (SSSR count). The molecular weight excluding hydrogens is 301 g/mol. The molecule has 0 saturated carbocycles. The molecule has 0 unspecified atom stereocenters. The second-order valence-corrected chi connectivity index (χ2v) is 4.76. The lowest BCUT2D eigenvalue weighted by Gasteiger charge is -2.16. The molecule has 8 heteroatoms. The number of hydrogen-bond donors (Lipinski definition) is 1. The highest BCUT2D eigenvalue weighted by Gasteiger charge is 2.37. The van der Waals surface area contributed by atoms with E-state index in [9.17, 15) is 18.0 Å². The fourth-order valence-electron chi connectivity index (χ4n) is 1.97. The van der Waals surface area contributed by atoms with Gasteiger partial charge in [0.15, 0.2) is 6.10 Å². The van der Waals surface area contributed by atoms with Crippen molar-refractivity contribution in [3.63, 3.8) is 0 Å². The van der Waals surface area contributed by atoms with Crippen LogP contribution in [0.4, 0.5) is 18.0 Å². The molecule has 22 heavy (non-hydrogen) atoms. The number of carbonyl (C=O) groups excluding carboxylic acids is 1. The van der Waals surface area contributed by atoms with Crippen LogP contribution in [0.15, 0.2) is 24.3 Å². The highest BCUT2D eigenvalue weighted by Crippen LogP contribution is 2.34. The van der Waals surface area contributed by atoms with Gasteiger partial charge in [-0.3, -0.25) is 0 Å². The van der Waals surface area contributed by atoms with Crippen LogP contribution in [0.25, 0.3) is 0 Å². The Kier molecular flexibility index (Phi) is 4.58. The molecule has 1 saturated heterocycles. The average Bonchev–Trinajstić information content (AvgIpc) is 2.77. The molecule has 0 aromatic carbocycles. The molecule has 0 bridgehead atoms. The Balaban J connectivity index is 2.35. The number of alkyl carbamates (subject to hydrolysis) is 1. The van der Waals surface area contributed by atoms with Gasteiger partial charge in [-0.1, -0.05) is 12.2 Å². The van der Waals surface area contributed by atoms with Gasteiger partial charge in [0.2, 0.25) is 5.88 Å². The standard InChI is InChI=1S/C14H15F3N2O3/c1-3-4-5-21-11-7-9(14(15,16)17)6-10(19-11)12-8(2)18-13(20)22-12/h3-4,6-8,12H,5H2,1-2H3,(H,18,20)/b4-3+/t8-,12-/m0/s1. The van der Waals surface area contributed by atoms with Crippen LogP contribution in [0.5, 0.6) is 5.88 Å². The van der Waals surface area contributed by atoms with Crippen molar-refractivity contribution in [2.75, 3.05) is 6.61 Å². The number of pyridine rings is 1. The average molecular weight is 316 g/mol. The zero-order chi connectivity index (χ0) is 16.3. The Bertz CT molecular complexity index is 587. The molecular formula is C14H15F3N2O3. The highest BCUT2D eigenvalue weighted by atomic mass is 19.4. The van der Waals surface area contributed by atoms with Crippen molar-refractivity contribution in [2.24, 2.45) is 0 Å². The molecule has 120 valence electrons. The summed E-state index contributed by atoms with van der Waals surface area (Å²) in [4.78, 5) is 15.2. The van der Waals surface area contributed by atoms with Gasteiger partial charge in [-0.15, -0.1) is 0 Å². The quantitative estimate of drug-likeness (QED) is 0.867. The Hall–Kier alpha value is -2.25. The first kappa shape index (κ1) is 16.1. The minimum atomic E-state index is -4.55. The first-order valence-electron chi connectivity index (χ1n) is 6.61. The van der Waals surface area contributed by atoms with E-state index in [1.165, 1.54) is 0 Å². The minimum absolute atomic E-state index is 0.00356. The summed E-state index contributed by atoms with van der Waals surface area (Å²) in [6.07, 6.45) is -2.77. The van der Waals surface area contributed by atoms with E-state index in [0.29, 0.717) is 0 Å². The first-order chi connectivity index (χ1) is 10.3. The third kappa shape index (κ3) is 3.69. The minimum Gasteiger partial charge on any atom is -0.473 e. The first-order valence-corrected chi connectivity index (χ1v) is 6.61. The van der Waals surface area contributed by atoms with Crippen LogP contribution in [0.2, 0.25) is 0 Å². The molecule has 1 N–H and O–H groups in total. The molecule has 0 radical (unpaired) electrons. The fraction of sp³-hybridized carbons (Fsp3) is 0.429. The van der Waals surface area contributed by atoms with E-state index in [2.05, 4.69) is 10.3 Å². The van der Waals surface area contributed by atoms with Gasteiger partial charge in [0, 0.05) is 6.07 Å². The van der Waals surface area contributed by atoms with Gasteiger partial charge in [0.1, 0.15) is 6.61 Å². The van der Waals surface area contributed by atoms with E-state index < -0.39 is 30.0 Å². The maximum absolute atomic E-state index is 13.0. The second-order valence-electron chi connectivity index (χ2n) is 4.76. The Morgan fingerprint density at radius 1 is 1.45 bits per heavy atom. The summed E-state index contributed by atoms with van der Waals surface area (Å²) in [6.45, 7) is 3.49. The van der Waals surface area contributed by atoms with Gasteiger partial charge in [-0.05, 0) is 19.9 Å². The van der Waals surface area contributed by atoms with Crippen molar-refractivity contribution in [1.82, 2.24) is 10.3 Å². The summed E-state index contributed by atoms with van der Waals surface area (Å²) in [5.74, 6) is -0.168. The monoisotopic (exact) mass is 316 g/mol. The number of allylic oxidation sites excluding steroid dienone is 1. The van der Waals surface area contributed by atoms with Gasteiger partial charge in [0.05, 0.1) is 17.3 Å². The third-order valence-corrected chi connectivity index (χ3v) is 3.04. The number of hydrogen-bond acceptors (Lipinski definition) is 4. The molecule has 1 fully saturated rings. The summed E-state index contributed by atoms with van der Waals surface area (Å²) >= 11 is 0. The molecule has 5 nitrogen and oxygen atoms in total. The van der Waals surface area contributed by atoms with Crippen molar-refractivity contribution < 1.29 is 27.4 Å². The normalized spacial score (nSPS) is 21.8. The van der Waals surface area contributed by atoms with E-state index in [1.807, 2.05) is 0 Å². The Morgan fingerprint density at radius 3 is 2.73 bits per heavy atom. The van der Waals surface area contributed by atoms with Crippen LogP contribution < -0.4 is 10.1 Å². The SMILES string of the molecule is C/C=C/COc1cc(C(F)(F)F)cc([C@H]2OC(=O)N[C@H]2C)n1. The largest absolute Gasteiger partial charge is 0.473 e. The number of nitrogens with one attached hydrogen (secondary N) is 1. The Labute approximate surface area is 125 Å². The van der Waals surface area contributed by atoms with Crippen molar-refractivity contribution in [2.45, 2.75) is 32.2 Å². The number of aromatic nitrogens is 1. The van der Waals surface area contributed by atoms with Gasteiger partial charge in [0.25, 0.3) is 0 Å². The van der Waals surface area contributed by atoms with Crippen molar-refractivity contribution >= 4 is 6.09 Å². The van der Waals surface area contributed by atoms with Gasteiger partial charge in [-0.2, -0.15) is 13.2 Å². The van der Waals surface area contributed by atoms with E-state index in [4.69, 9.17) is 9.47 Å². The predicted molar refractivity (Wildman–Crippen MR) is 71.4 cm³/mol. The number of carbonyl (C=O) groups is 1. The maximum Gasteiger partial charge on any atom is 0.416 e.